The number of likely N-dealkylation sites (N-methyl/N-ethyl adjacent to an activating group) is 1. The third kappa shape index (κ3) is 4.23. The van der Waals surface area contributed by atoms with Crippen LogP contribution in [0.4, 0.5) is 11.5 Å². The number of rotatable bonds is 5. The van der Waals surface area contributed by atoms with E-state index in [2.05, 4.69) is 20.6 Å². The summed E-state index contributed by atoms with van der Waals surface area (Å²) in [6, 6.07) is 5.38. The Bertz CT molecular complexity index is 1100. The number of anilines is 2. The number of hydrogen-bond acceptors (Lipinski definition) is 6. The van der Waals surface area contributed by atoms with Crippen molar-refractivity contribution in [1.82, 2.24) is 20.2 Å². The van der Waals surface area contributed by atoms with Crippen molar-refractivity contribution in [1.29, 1.82) is 0 Å². The third-order valence-corrected chi connectivity index (χ3v) is 6.58. The highest BCUT2D eigenvalue weighted by molar-refractivity contribution is 7.19. The summed E-state index contributed by atoms with van der Waals surface area (Å²) in [4.78, 5) is 25.2. The first-order chi connectivity index (χ1) is 14.1. The van der Waals surface area contributed by atoms with E-state index in [-0.39, 0.29) is 5.91 Å². The van der Waals surface area contributed by atoms with Gasteiger partial charge in [-0.3, -0.25) is 4.79 Å². The van der Waals surface area contributed by atoms with E-state index >= 15 is 0 Å². The molecule has 0 bridgehead atoms. The van der Waals surface area contributed by atoms with Crippen LogP contribution < -0.4 is 10.6 Å². The average Bonchev–Trinajstić information content (AvgIpc) is 3.09. The molecule has 2 aromatic heterocycles. The van der Waals surface area contributed by atoms with Gasteiger partial charge >= 0.3 is 0 Å². The van der Waals surface area contributed by atoms with Crippen LogP contribution in [-0.2, 0) is 17.8 Å². The van der Waals surface area contributed by atoms with Crippen LogP contribution in [0.15, 0.2) is 36.7 Å². The van der Waals surface area contributed by atoms with Gasteiger partial charge in [-0.1, -0.05) is 29.3 Å². The van der Waals surface area contributed by atoms with Crippen molar-refractivity contribution in [3.05, 3.63) is 57.2 Å². The molecule has 29 heavy (non-hydrogen) atoms. The minimum atomic E-state index is 0.0311. The van der Waals surface area contributed by atoms with Gasteiger partial charge in [0.2, 0.25) is 5.91 Å². The predicted molar refractivity (Wildman–Crippen MR) is 119 cm³/mol. The molecule has 2 N–H and O–H groups in total. The normalized spacial score (nSPS) is 13.8. The number of fused-ring (bicyclic) bond motifs is 3. The first-order valence-corrected chi connectivity index (χ1v) is 10.7. The molecule has 3 heterocycles. The molecule has 0 unspecified atom stereocenters. The molecule has 0 radical (unpaired) electrons. The van der Waals surface area contributed by atoms with Crippen LogP contribution in [-0.4, -0.2) is 40.9 Å². The zero-order valence-electron chi connectivity index (χ0n) is 15.7. The zero-order chi connectivity index (χ0) is 20.4. The summed E-state index contributed by atoms with van der Waals surface area (Å²) in [5, 5.41) is 8.33. The van der Waals surface area contributed by atoms with Crippen molar-refractivity contribution in [2.24, 2.45) is 0 Å². The zero-order valence-corrected chi connectivity index (χ0v) is 18.0. The van der Waals surface area contributed by atoms with Gasteiger partial charge in [-0.25, -0.2) is 9.97 Å². The van der Waals surface area contributed by atoms with E-state index in [4.69, 9.17) is 23.2 Å². The van der Waals surface area contributed by atoms with E-state index in [0.29, 0.717) is 29.7 Å². The van der Waals surface area contributed by atoms with Crippen LogP contribution >= 0.6 is 34.5 Å². The Kier molecular flexibility index (Phi) is 6.01. The second-order valence-electron chi connectivity index (χ2n) is 6.63. The summed E-state index contributed by atoms with van der Waals surface area (Å²) in [6.07, 6.45) is 5.79. The lowest BCUT2D eigenvalue weighted by atomic mass is 10.0. The summed E-state index contributed by atoms with van der Waals surface area (Å²) in [5.41, 5.74) is 2.01. The lowest BCUT2D eigenvalue weighted by Gasteiger charge is -2.26. The van der Waals surface area contributed by atoms with Gasteiger partial charge in [0.15, 0.2) is 0 Å². The highest BCUT2D eigenvalue weighted by atomic mass is 35.5. The maximum Gasteiger partial charge on any atom is 0.246 e. The predicted octanol–water partition coefficient (Wildman–Crippen LogP) is 4.40. The van der Waals surface area contributed by atoms with Crippen molar-refractivity contribution in [3.8, 4) is 0 Å². The van der Waals surface area contributed by atoms with Gasteiger partial charge in [0.1, 0.15) is 17.0 Å². The number of nitrogens with zero attached hydrogens (tertiary/aromatic N) is 3. The van der Waals surface area contributed by atoms with Crippen molar-refractivity contribution >= 4 is 62.2 Å². The van der Waals surface area contributed by atoms with Crippen LogP contribution in [0.5, 0.6) is 0 Å². The lowest BCUT2D eigenvalue weighted by molar-refractivity contribution is -0.126. The standard InChI is InChI=1S/C20H19Cl2N5OS/c1-23-7-2-3-17(28)27-8-6-13-16(10-27)29-20-18(13)19(24-11-25-20)26-12-4-5-14(21)15(22)9-12/h2-5,9,11,23H,6-8,10H2,1H3,(H,24,25,26)/b3-2+. The van der Waals surface area contributed by atoms with Gasteiger partial charge < -0.3 is 15.5 Å². The van der Waals surface area contributed by atoms with Crippen molar-refractivity contribution in [2.45, 2.75) is 13.0 Å². The number of benzene rings is 1. The van der Waals surface area contributed by atoms with Gasteiger partial charge in [-0.2, -0.15) is 0 Å². The molecule has 0 atom stereocenters. The van der Waals surface area contributed by atoms with Crippen molar-refractivity contribution < 1.29 is 4.79 Å². The molecule has 3 aromatic rings. The summed E-state index contributed by atoms with van der Waals surface area (Å²) in [7, 11) is 1.85. The van der Waals surface area contributed by atoms with Crippen molar-refractivity contribution in [3.63, 3.8) is 0 Å². The molecule has 0 saturated carbocycles. The fourth-order valence-electron chi connectivity index (χ4n) is 3.30. The molecule has 1 aliphatic heterocycles. The van der Waals surface area contributed by atoms with E-state index in [9.17, 15) is 4.79 Å². The maximum absolute atomic E-state index is 12.4. The smallest absolute Gasteiger partial charge is 0.246 e. The molecule has 0 aliphatic carbocycles. The Morgan fingerprint density at radius 1 is 1.31 bits per heavy atom. The number of amides is 1. The van der Waals surface area contributed by atoms with E-state index in [1.165, 1.54) is 5.56 Å². The van der Waals surface area contributed by atoms with Gasteiger partial charge in [-0.05, 0) is 37.2 Å². The second kappa shape index (κ2) is 8.67. The van der Waals surface area contributed by atoms with Gasteiger partial charge in [-0.15, -0.1) is 11.3 Å². The Balaban J connectivity index is 1.62. The Hall–Kier alpha value is -2.19. The number of carbonyl (C=O) groups is 1. The van der Waals surface area contributed by atoms with Crippen LogP contribution in [0, 0.1) is 0 Å². The Morgan fingerprint density at radius 3 is 2.97 bits per heavy atom. The minimum absolute atomic E-state index is 0.0311. The van der Waals surface area contributed by atoms with Crippen LogP contribution in [0.2, 0.25) is 10.0 Å². The minimum Gasteiger partial charge on any atom is -0.340 e. The van der Waals surface area contributed by atoms with E-state index < -0.39 is 0 Å². The van der Waals surface area contributed by atoms with Gasteiger partial charge in [0.05, 0.1) is 22.0 Å². The first kappa shape index (κ1) is 20.1. The summed E-state index contributed by atoms with van der Waals surface area (Å²) in [5.74, 6) is 0.767. The molecule has 1 aliphatic rings. The summed E-state index contributed by atoms with van der Waals surface area (Å²) < 4.78 is 0. The number of halogens is 2. The molecular weight excluding hydrogens is 429 g/mol. The fraction of sp³-hybridized carbons (Fsp3) is 0.250. The average molecular weight is 448 g/mol. The fourth-order valence-corrected chi connectivity index (χ4v) is 4.81. The van der Waals surface area contributed by atoms with E-state index in [1.54, 1.807) is 35.9 Å². The largest absolute Gasteiger partial charge is 0.340 e. The first-order valence-electron chi connectivity index (χ1n) is 9.14. The monoisotopic (exact) mass is 447 g/mol. The highest BCUT2D eigenvalue weighted by Crippen LogP contribution is 2.38. The van der Waals surface area contributed by atoms with Crippen molar-refractivity contribution in [2.75, 3.05) is 25.5 Å². The number of carbonyl (C=O) groups excluding carboxylic acids is 1. The van der Waals surface area contributed by atoms with E-state index in [1.807, 2.05) is 24.1 Å². The Labute approximate surface area is 182 Å². The molecule has 4 rings (SSSR count). The highest BCUT2D eigenvalue weighted by Gasteiger charge is 2.25. The lowest BCUT2D eigenvalue weighted by Crippen LogP contribution is -2.34. The molecule has 6 nitrogen and oxygen atoms in total. The summed E-state index contributed by atoms with van der Waals surface area (Å²) in [6.45, 7) is 1.93. The number of thiophene rings is 1. The molecule has 1 amide bonds. The molecule has 0 spiro atoms. The second-order valence-corrected chi connectivity index (χ2v) is 8.53. The molecule has 150 valence electrons. The van der Waals surface area contributed by atoms with Gasteiger partial charge in [0.25, 0.3) is 0 Å². The van der Waals surface area contributed by atoms with Crippen LogP contribution in [0.25, 0.3) is 10.2 Å². The topological polar surface area (TPSA) is 70.2 Å². The van der Waals surface area contributed by atoms with Gasteiger partial charge in [0, 0.05) is 29.7 Å². The molecule has 0 saturated heterocycles. The quantitative estimate of drug-likeness (QED) is 0.567. The SMILES string of the molecule is CNC/C=C/C(=O)N1CCc2c(sc3ncnc(Nc4ccc(Cl)c(Cl)c4)c23)C1. The summed E-state index contributed by atoms with van der Waals surface area (Å²) >= 11 is 13.8. The molecule has 1 aromatic carbocycles. The van der Waals surface area contributed by atoms with E-state index in [0.717, 1.165) is 33.0 Å². The third-order valence-electron chi connectivity index (χ3n) is 4.71. The molecule has 9 heteroatoms. The number of aromatic nitrogens is 2. The van der Waals surface area contributed by atoms with Crippen LogP contribution in [0.3, 0.4) is 0 Å². The molecule has 0 fully saturated rings. The maximum atomic E-state index is 12.4. The number of nitrogens with one attached hydrogen (secondary N) is 2. The Morgan fingerprint density at radius 2 is 2.17 bits per heavy atom. The number of hydrogen-bond donors (Lipinski definition) is 2. The molecular formula is C20H19Cl2N5OS. The van der Waals surface area contributed by atoms with Crippen LogP contribution in [0.1, 0.15) is 10.4 Å².